The minimum atomic E-state index is -1.77. The highest BCUT2D eigenvalue weighted by molar-refractivity contribution is 6.35. The average Bonchev–Trinajstić information content (AvgIpc) is 2.97. The van der Waals surface area contributed by atoms with Gasteiger partial charge in [0.25, 0.3) is 0 Å². The van der Waals surface area contributed by atoms with Gasteiger partial charge in [0.2, 0.25) is 0 Å². The summed E-state index contributed by atoms with van der Waals surface area (Å²) >= 11 is 18.6. The number of hydrogen-bond donors (Lipinski definition) is 2. The van der Waals surface area contributed by atoms with E-state index in [2.05, 4.69) is 0 Å². The molecule has 0 aliphatic rings. The van der Waals surface area contributed by atoms with Crippen LogP contribution >= 0.6 is 34.8 Å². The number of hydrogen-bond acceptors (Lipinski definition) is 3. The van der Waals surface area contributed by atoms with Crippen LogP contribution in [-0.2, 0) is 6.54 Å². The first-order chi connectivity index (χ1) is 13.9. The van der Waals surface area contributed by atoms with E-state index in [1.165, 1.54) is 0 Å². The van der Waals surface area contributed by atoms with Crippen LogP contribution in [0.5, 0.6) is 11.5 Å². The summed E-state index contributed by atoms with van der Waals surface area (Å²) in [7, 11) is 0. The number of aliphatic hydroxyl groups is 2. The van der Waals surface area contributed by atoms with E-state index in [4.69, 9.17) is 39.5 Å². The lowest BCUT2D eigenvalue weighted by Gasteiger charge is -2.15. The third kappa shape index (κ3) is 4.08. The van der Waals surface area contributed by atoms with Crippen LogP contribution in [-0.4, -0.2) is 14.8 Å². The number of aliphatic hydroxyl groups excluding tert-OH is 1. The number of aromatic nitrogens is 1. The van der Waals surface area contributed by atoms with Crippen LogP contribution in [0.1, 0.15) is 17.5 Å². The van der Waals surface area contributed by atoms with Crippen molar-refractivity contribution < 1.29 is 14.9 Å². The topological polar surface area (TPSA) is 54.6 Å². The summed E-state index contributed by atoms with van der Waals surface area (Å²) in [6.45, 7) is 0.291. The molecular formula is C22H16Cl3NO3. The number of rotatable bonds is 5. The fourth-order valence-corrected chi connectivity index (χ4v) is 3.92. The number of nitrogens with zero attached hydrogens (tertiary/aromatic N) is 1. The lowest BCUT2D eigenvalue weighted by Crippen LogP contribution is -2.09. The molecule has 0 bridgehead atoms. The summed E-state index contributed by atoms with van der Waals surface area (Å²) in [6, 6.07) is 19.6. The Morgan fingerprint density at radius 1 is 0.862 bits per heavy atom. The molecule has 0 unspecified atom stereocenters. The van der Waals surface area contributed by atoms with Gasteiger partial charge >= 0.3 is 0 Å². The number of para-hydroxylation sites is 1. The predicted molar refractivity (Wildman–Crippen MR) is 116 cm³/mol. The van der Waals surface area contributed by atoms with Crippen LogP contribution in [0.4, 0.5) is 0 Å². The van der Waals surface area contributed by atoms with E-state index in [0.29, 0.717) is 38.5 Å². The Morgan fingerprint density at radius 2 is 1.55 bits per heavy atom. The molecule has 0 aliphatic heterocycles. The molecule has 1 heterocycles. The first-order valence-electron chi connectivity index (χ1n) is 8.78. The lowest BCUT2D eigenvalue weighted by atomic mass is 10.2. The Morgan fingerprint density at radius 3 is 2.24 bits per heavy atom. The minimum absolute atomic E-state index is 0.206. The van der Waals surface area contributed by atoms with E-state index >= 15 is 0 Å². The molecule has 1 aromatic heterocycles. The van der Waals surface area contributed by atoms with Crippen molar-refractivity contribution in [1.29, 1.82) is 0 Å². The molecule has 2 N–H and O–H groups in total. The second-order valence-corrected chi connectivity index (χ2v) is 7.77. The molecule has 148 valence electrons. The van der Waals surface area contributed by atoms with Crippen molar-refractivity contribution in [2.75, 3.05) is 0 Å². The standard InChI is InChI=1S/C22H16Cl3NO3/c23-14-8-9-19-17(10-14)21(29-16-4-2-1-3-5-16)20(22(27)28)26(19)12-13-6-7-15(24)11-18(13)25/h1-11,22,27-28H,12H2. The molecule has 4 nitrogen and oxygen atoms in total. The zero-order valence-corrected chi connectivity index (χ0v) is 17.3. The summed E-state index contributed by atoms with van der Waals surface area (Å²) in [5, 5.41) is 22.6. The normalized spacial score (nSPS) is 11.4. The van der Waals surface area contributed by atoms with Crippen LogP contribution < -0.4 is 4.74 Å². The Kier molecular flexibility index (Phi) is 5.72. The number of fused-ring (bicyclic) bond motifs is 1. The average molecular weight is 449 g/mol. The van der Waals surface area contributed by atoms with Crippen LogP contribution in [0.2, 0.25) is 15.1 Å². The largest absolute Gasteiger partial charge is 0.455 e. The van der Waals surface area contributed by atoms with E-state index < -0.39 is 6.29 Å². The summed E-state index contributed by atoms with van der Waals surface area (Å²) in [4.78, 5) is 0. The minimum Gasteiger partial charge on any atom is -0.455 e. The summed E-state index contributed by atoms with van der Waals surface area (Å²) in [5.41, 5.74) is 1.71. The zero-order valence-electron chi connectivity index (χ0n) is 15.0. The van der Waals surface area contributed by atoms with Gasteiger partial charge < -0.3 is 19.5 Å². The second kappa shape index (κ2) is 8.27. The predicted octanol–water partition coefficient (Wildman–Crippen LogP) is 6.43. The Hall–Kier alpha value is -2.21. The van der Waals surface area contributed by atoms with Crippen molar-refractivity contribution in [3.8, 4) is 11.5 Å². The fourth-order valence-electron chi connectivity index (χ4n) is 3.28. The Labute approximate surface area is 182 Å². The van der Waals surface area contributed by atoms with Gasteiger partial charge in [-0.25, -0.2) is 0 Å². The highest BCUT2D eigenvalue weighted by atomic mass is 35.5. The summed E-state index contributed by atoms with van der Waals surface area (Å²) in [5.74, 6) is 0.895. The quantitative estimate of drug-likeness (QED) is 0.346. The smallest absolute Gasteiger partial charge is 0.197 e. The summed E-state index contributed by atoms with van der Waals surface area (Å²) in [6.07, 6.45) is -1.77. The van der Waals surface area contributed by atoms with Gasteiger partial charge in [-0.1, -0.05) is 59.1 Å². The zero-order chi connectivity index (χ0) is 20.5. The lowest BCUT2D eigenvalue weighted by molar-refractivity contribution is -0.0490. The molecule has 0 saturated heterocycles. The Balaban J connectivity index is 1.92. The molecule has 4 aromatic rings. The van der Waals surface area contributed by atoms with Gasteiger partial charge in [-0.3, -0.25) is 0 Å². The molecule has 0 spiro atoms. The fraction of sp³-hybridized carbons (Fsp3) is 0.0909. The number of ether oxygens (including phenoxy) is 1. The third-order valence-electron chi connectivity index (χ3n) is 4.57. The third-order valence-corrected chi connectivity index (χ3v) is 5.39. The highest BCUT2D eigenvalue weighted by Gasteiger charge is 2.24. The van der Waals surface area contributed by atoms with Gasteiger partial charge in [0, 0.05) is 27.0 Å². The van der Waals surface area contributed by atoms with E-state index in [-0.39, 0.29) is 5.69 Å². The molecular weight excluding hydrogens is 433 g/mol. The van der Waals surface area contributed by atoms with E-state index in [1.54, 1.807) is 47.0 Å². The van der Waals surface area contributed by atoms with E-state index in [1.807, 2.05) is 24.3 Å². The molecule has 29 heavy (non-hydrogen) atoms. The monoisotopic (exact) mass is 447 g/mol. The number of halogens is 3. The van der Waals surface area contributed by atoms with Gasteiger partial charge in [0.1, 0.15) is 11.4 Å². The molecule has 0 aliphatic carbocycles. The van der Waals surface area contributed by atoms with Gasteiger partial charge in [-0.2, -0.15) is 0 Å². The molecule has 0 fully saturated rings. The Bertz CT molecular complexity index is 1170. The van der Waals surface area contributed by atoms with Crippen molar-refractivity contribution in [3.05, 3.63) is 93.1 Å². The van der Waals surface area contributed by atoms with E-state index in [9.17, 15) is 10.2 Å². The number of benzene rings is 3. The van der Waals surface area contributed by atoms with Crippen molar-refractivity contribution in [1.82, 2.24) is 4.57 Å². The molecule has 0 atom stereocenters. The molecule has 0 radical (unpaired) electrons. The van der Waals surface area contributed by atoms with Crippen molar-refractivity contribution in [3.63, 3.8) is 0 Å². The molecule has 0 amide bonds. The van der Waals surface area contributed by atoms with Crippen molar-refractivity contribution in [2.45, 2.75) is 12.8 Å². The molecule has 0 saturated carbocycles. The maximum atomic E-state index is 10.2. The molecule has 3 aromatic carbocycles. The van der Waals surface area contributed by atoms with Crippen LogP contribution in [0.25, 0.3) is 10.9 Å². The maximum Gasteiger partial charge on any atom is 0.197 e. The van der Waals surface area contributed by atoms with Crippen LogP contribution in [0.3, 0.4) is 0 Å². The van der Waals surface area contributed by atoms with E-state index in [0.717, 1.165) is 11.1 Å². The first kappa shape index (κ1) is 20.1. The van der Waals surface area contributed by atoms with Gasteiger partial charge in [-0.15, -0.1) is 0 Å². The van der Waals surface area contributed by atoms with Crippen LogP contribution in [0, 0.1) is 0 Å². The van der Waals surface area contributed by atoms with Gasteiger partial charge in [0.05, 0.1) is 5.52 Å². The van der Waals surface area contributed by atoms with Crippen LogP contribution in [0.15, 0.2) is 66.7 Å². The molecule has 7 heteroatoms. The van der Waals surface area contributed by atoms with Gasteiger partial charge in [-0.05, 0) is 48.0 Å². The second-order valence-electron chi connectivity index (χ2n) is 6.49. The SMILES string of the molecule is OC(O)c1c(Oc2ccccc2)c2cc(Cl)ccc2n1Cc1ccc(Cl)cc1Cl. The molecule has 4 rings (SSSR count). The first-order valence-corrected chi connectivity index (χ1v) is 9.92. The summed E-state index contributed by atoms with van der Waals surface area (Å²) < 4.78 is 7.81. The maximum absolute atomic E-state index is 10.2. The highest BCUT2D eigenvalue weighted by Crippen LogP contribution is 2.41. The van der Waals surface area contributed by atoms with Crippen molar-refractivity contribution >= 4 is 45.7 Å². The van der Waals surface area contributed by atoms with Crippen molar-refractivity contribution in [2.24, 2.45) is 0 Å². The van der Waals surface area contributed by atoms with Gasteiger partial charge in [0.15, 0.2) is 12.0 Å².